The molecule has 1 aliphatic rings. The van der Waals surface area contributed by atoms with Crippen LogP contribution < -0.4 is 5.73 Å². The lowest BCUT2D eigenvalue weighted by molar-refractivity contribution is 0.455. The second-order valence-corrected chi connectivity index (χ2v) is 5.42. The Bertz CT molecular complexity index is 362. The molecule has 3 nitrogen and oxygen atoms in total. The highest BCUT2D eigenvalue weighted by atomic mass is 35.5. The molecule has 17 heavy (non-hydrogen) atoms. The van der Waals surface area contributed by atoms with Gasteiger partial charge >= 0.3 is 0 Å². The number of rotatable bonds is 3. The Morgan fingerprint density at radius 3 is 2.94 bits per heavy atom. The van der Waals surface area contributed by atoms with Crippen LogP contribution in [-0.4, -0.2) is 15.8 Å². The molecular formula is C13H22ClN3. The number of hydrogen-bond donors (Lipinski definition) is 1. The molecule has 4 heteroatoms. The van der Waals surface area contributed by atoms with Crippen molar-refractivity contribution in [1.29, 1.82) is 0 Å². The highest BCUT2D eigenvalue weighted by Crippen LogP contribution is 2.34. The van der Waals surface area contributed by atoms with Crippen molar-refractivity contribution in [3.05, 3.63) is 16.9 Å². The maximum atomic E-state index is 6.30. The van der Waals surface area contributed by atoms with Gasteiger partial charge in [0.2, 0.25) is 0 Å². The second kappa shape index (κ2) is 5.87. The SMILES string of the molecule is CCCn1ncc(Cl)c1C1CCCCCC1N. The molecule has 0 amide bonds. The Balaban J connectivity index is 2.26. The van der Waals surface area contributed by atoms with Crippen LogP contribution in [0, 0.1) is 0 Å². The van der Waals surface area contributed by atoms with Crippen molar-refractivity contribution < 1.29 is 0 Å². The predicted octanol–water partition coefficient (Wildman–Crippen LogP) is 3.32. The third-order valence-electron chi connectivity index (χ3n) is 3.69. The maximum absolute atomic E-state index is 6.30. The van der Waals surface area contributed by atoms with Gasteiger partial charge in [0.15, 0.2) is 0 Å². The molecule has 2 N–H and O–H groups in total. The first-order valence-corrected chi connectivity index (χ1v) is 7.08. The monoisotopic (exact) mass is 255 g/mol. The van der Waals surface area contributed by atoms with Crippen LogP contribution in [0.15, 0.2) is 6.20 Å². The van der Waals surface area contributed by atoms with Crippen molar-refractivity contribution in [2.45, 2.75) is 64.0 Å². The first-order valence-electron chi connectivity index (χ1n) is 6.70. The maximum Gasteiger partial charge on any atom is 0.0821 e. The Labute approximate surface area is 108 Å². The van der Waals surface area contributed by atoms with E-state index in [2.05, 4.69) is 16.7 Å². The molecule has 2 atom stereocenters. The summed E-state index contributed by atoms with van der Waals surface area (Å²) < 4.78 is 2.05. The van der Waals surface area contributed by atoms with Crippen LogP contribution in [-0.2, 0) is 6.54 Å². The van der Waals surface area contributed by atoms with Gasteiger partial charge in [0.1, 0.15) is 0 Å². The molecule has 1 saturated carbocycles. The lowest BCUT2D eigenvalue weighted by Crippen LogP contribution is -2.29. The van der Waals surface area contributed by atoms with Crippen LogP contribution in [0.5, 0.6) is 0 Å². The number of halogens is 1. The van der Waals surface area contributed by atoms with E-state index >= 15 is 0 Å². The molecule has 1 aromatic rings. The van der Waals surface area contributed by atoms with E-state index in [9.17, 15) is 0 Å². The molecule has 0 aliphatic heterocycles. The minimum atomic E-state index is 0.238. The molecule has 0 radical (unpaired) electrons. The molecule has 0 spiro atoms. The van der Waals surface area contributed by atoms with Crippen LogP contribution in [0.1, 0.15) is 57.1 Å². The summed E-state index contributed by atoms with van der Waals surface area (Å²) in [5.74, 6) is 0.388. The Morgan fingerprint density at radius 2 is 2.18 bits per heavy atom. The van der Waals surface area contributed by atoms with Crippen LogP contribution in [0.25, 0.3) is 0 Å². The molecule has 1 heterocycles. The van der Waals surface area contributed by atoms with E-state index in [1.54, 1.807) is 6.20 Å². The van der Waals surface area contributed by atoms with Gasteiger partial charge in [0.25, 0.3) is 0 Å². The standard InChI is InChI=1S/C13H22ClN3/c1-2-8-17-13(11(14)9-16-17)10-6-4-3-5-7-12(10)15/h9-10,12H,2-8,15H2,1H3. The Morgan fingerprint density at radius 1 is 1.41 bits per heavy atom. The topological polar surface area (TPSA) is 43.8 Å². The van der Waals surface area contributed by atoms with Gasteiger partial charge < -0.3 is 5.73 Å². The van der Waals surface area contributed by atoms with E-state index in [0.29, 0.717) is 5.92 Å². The largest absolute Gasteiger partial charge is 0.327 e. The molecule has 2 unspecified atom stereocenters. The molecule has 1 aliphatic carbocycles. The van der Waals surface area contributed by atoms with Gasteiger partial charge in [-0.2, -0.15) is 5.10 Å². The number of nitrogens with zero attached hydrogens (tertiary/aromatic N) is 2. The molecule has 1 fully saturated rings. The molecule has 1 aromatic heterocycles. The van der Waals surface area contributed by atoms with E-state index in [0.717, 1.165) is 30.8 Å². The highest BCUT2D eigenvalue weighted by molar-refractivity contribution is 6.31. The zero-order chi connectivity index (χ0) is 12.3. The third-order valence-corrected chi connectivity index (χ3v) is 3.98. The van der Waals surface area contributed by atoms with Crippen LogP contribution in [0.3, 0.4) is 0 Å². The lowest BCUT2D eigenvalue weighted by Gasteiger charge is -2.23. The molecule has 0 saturated heterocycles. The summed E-state index contributed by atoms with van der Waals surface area (Å²) in [5, 5.41) is 5.17. The summed E-state index contributed by atoms with van der Waals surface area (Å²) in [5.41, 5.74) is 7.47. The van der Waals surface area contributed by atoms with Crippen molar-refractivity contribution in [2.75, 3.05) is 0 Å². The molecule has 0 aromatic carbocycles. The minimum absolute atomic E-state index is 0.238. The molecular weight excluding hydrogens is 234 g/mol. The zero-order valence-electron chi connectivity index (χ0n) is 10.5. The van der Waals surface area contributed by atoms with Crippen molar-refractivity contribution >= 4 is 11.6 Å². The smallest absolute Gasteiger partial charge is 0.0821 e. The van der Waals surface area contributed by atoms with Gasteiger partial charge in [-0.25, -0.2) is 0 Å². The first-order chi connectivity index (χ1) is 8.24. The van der Waals surface area contributed by atoms with Gasteiger partial charge in [0.05, 0.1) is 16.9 Å². The van der Waals surface area contributed by atoms with Crippen molar-refractivity contribution in [2.24, 2.45) is 5.73 Å². The molecule has 96 valence electrons. The van der Waals surface area contributed by atoms with Gasteiger partial charge in [-0.05, 0) is 19.3 Å². The first kappa shape index (κ1) is 12.9. The number of aromatic nitrogens is 2. The number of aryl methyl sites for hydroxylation is 1. The van der Waals surface area contributed by atoms with E-state index in [4.69, 9.17) is 17.3 Å². The average molecular weight is 256 g/mol. The highest BCUT2D eigenvalue weighted by Gasteiger charge is 2.27. The number of hydrogen-bond acceptors (Lipinski definition) is 2. The summed E-state index contributed by atoms with van der Waals surface area (Å²) in [6, 6.07) is 0.238. The summed E-state index contributed by atoms with van der Waals surface area (Å²) in [6.07, 6.45) is 8.90. The summed E-state index contributed by atoms with van der Waals surface area (Å²) in [7, 11) is 0. The average Bonchev–Trinajstić information content (AvgIpc) is 2.53. The minimum Gasteiger partial charge on any atom is -0.327 e. The van der Waals surface area contributed by atoms with Gasteiger partial charge in [0, 0.05) is 18.5 Å². The van der Waals surface area contributed by atoms with E-state index in [1.807, 2.05) is 0 Å². The van der Waals surface area contributed by atoms with E-state index < -0.39 is 0 Å². The fraction of sp³-hybridized carbons (Fsp3) is 0.769. The zero-order valence-corrected chi connectivity index (χ0v) is 11.3. The third kappa shape index (κ3) is 2.83. The normalized spacial score (nSPS) is 25.8. The van der Waals surface area contributed by atoms with Crippen LogP contribution >= 0.6 is 11.6 Å². The predicted molar refractivity (Wildman–Crippen MR) is 71.3 cm³/mol. The molecule has 0 bridgehead atoms. The lowest BCUT2D eigenvalue weighted by atomic mass is 9.92. The fourth-order valence-corrected chi connectivity index (χ4v) is 3.09. The van der Waals surface area contributed by atoms with Gasteiger partial charge in [-0.1, -0.05) is 37.8 Å². The van der Waals surface area contributed by atoms with Crippen molar-refractivity contribution in [1.82, 2.24) is 9.78 Å². The quantitative estimate of drug-likeness (QED) is 0.842. The van der Waals surface area contributed by atoms with E-state index in [-0.39, 0.29) is 6.04 Å². The fourth-order valence-electron chi connectivity index (χ4n) is 2.81. The second-order valence-electron chi connectivity index (χ2n) is 5.01. The van der Waals surface area contributed by atoms with Crippen LogP contribution in [0.4, 0.5) is 0 Å². The van der Waals surface area contributed by atoms with Crippen LogP contribution in [0.2, 0.25) is 5.02 Å². The summed E-state index contributed by atoms with van der Waals surface area (Å²) in [6.45, 7) is 3.09. The van der Waals surface area contributed by atoms with Gasteiger partial charge in [-0.3, -0.25) is 4.68 Å². The van der Waals surface area contributed by atoms with Crippen molar-refractivity contribution in [3.63, 3.8) is 0 Å². The van der Waals surface area contributed by atoms with Gasteiger partial charge in [-0.15, -0.1) is 0 Å². The van der Waals surface area contributed by atoms with Crippen molar-refractivity contribution in [3.8, 4) is 0 Å². The summed E-state index contributed by atoms with van der Waals surface area (Å²) >= 11 is 6.29. The molecule has 2 rings (SSSR count). The Kier molecular flexibility index (Phi) is 4.46. The Hall–Kier alpha value is -0.540. The van der Waals surface area contributed by atoms with E-state index in [1.165, 1.54) is 25.0 Å². The summed E-state index contributed by atoms with van der Waals surface area (Å²) in [4.78, 5) is 0. The number of nitrogens with two attached hydrogens (primary N) is 1.